The molecule has 5 heterocycles. The summed E-state index contributed by atoms with van der Waals surface area (Å²) in [5.41, 5.74) is 1.16. The molecule has 5 rings (SSSR count). The maximum atomic E-state index is 13.2. The Labute approximate surface area is 223 Å². The summed E-state index contributed by atoms with van der Waals surface area (Å²) in [7, 11) is -2.93. The number of nitrogens with zero attached hydrogens (tertiary/aromatic N) is 6. The molecule has 1 fully saturated rings. The number of halogens is 2. The van der Waals surface area contributed by atoms with E-state index in [1.165, 1.54) is 24.5 Å². The molecule has 11 nitrogen and oxygen atoms in total. The molecule has 0 spiro atoms. The minimum atomic E-state index is -2.93. The summed E-state index contributed by atoms with van der Waals surface area (Å²) in [6.45, 7) is 2.10. The highest BCUT2D eigenvalue weighted by molar-refractivity contribution is 7.91. The number of hydrogen-bond donors (Lipinski definition) is 2. The second kappa shape index (κ2) is 11.4. The number of fused-ring (bicyclic) bond motifs is 1. The van der Waals surface area contributed by atoms with Crippen LogP contribution >= 0.6 is 0 Å². The highest BCUT2D eigenvalue weighted by Crippen LogP contribution is 2.26. The third kappa shape index (κ3) is 6.34. The van der Waals surface area contributed by atoms with Crippen LogP contribution in [0.3, 0.4) is 0 Å². The lowest BCUT2D eigenvalue weighted by atomic mass is 10.2. The van der Waals surface area contributed by atoms with E-state index in [9.17, 15) is 22.0 Å². The van der Waals surface area contributed by atoms with Gasteiger partial charge in [0, 0.05) is 38.2 Å². The molecule has 39 heavy (non-hydrogen) atoms. The summed E-state index contributed by atoms with van der Waals surface area (Å²) in [5, 5.41) is 10.4. The fourth-order valence-electron chi connectivity index (χ4n) is 4.22. The van der Waals surface area contributed by atoms with Crippen LogP contribution in [0.2, 0.25) is 0 Å². The zero-order chi connectivity index (χ0) is 27.4. The van der Waals surface area contributed by atoms with Crippen molar-refractivity contribution in [1.82, 2.24) is 34.8 Å². The Kier molecular flexibility index (Phi) is 7.74. The summed E-state index contributed by atoms with van der Waals surface area (Å²) in [6.07, 6.45) is 2.61. The molecule has 4 aromatic heterocycles. The van der Waals surface area contributed by atoms with E-state index in [-0.39, 0.29) is 34.6 Å². The van der Waals surface area contributed by atoms with Crippen LogP contribution in [0, 0.1) is 0 Å². The fourth-order valence-corrected chi connectivity index (χ4v) is 5.50. The molecule has 0 atom stereocenters. The zero-order valence-corrected chi connectivity index (χ0v) is 21.6. The van der Waals surface area contributed by atoms with Crippen molar-refractivity contribution < 1.29 is 22.0 Å². The van der Waals surface area contributed by atoms with E-state index in [1.807, 2.05) is 0 Å². The van der Waals surface area contributed by atoms with E-state index < -0.39 is 16.3 Å². The van der Waals surface area contributed by atoms with Crippen LogP contribution in [0.1, 0.15) is 28.9 Å². The molecule has 2 N–H and O–H groups in total. The summed E-state index contributed by atoms with van der Waals surface area (Å²) in [4.78, 5) is 27.7. The molecule has 0 unspecified atom stereocenters. The number of anilines is 2. The third-order valence-corrected chi connectivity index (χ3v) is 7.92. The molecule has 204 valence electrons. The van der Waals surface area contributed by atoms with Gasteiger partial charge in [0.1, 0.15) is 16.9 Å². The average Bonchev–Trinajstić information content (AvgIpc) is 3.41. The smallest absolute Gasteiger partial charge is 0.280 e. The molecule has 0 saturated carbocycles. The number of sulfone groups is 1. The molecule has 1 saturated heterocycles. The van der Waals surface area contributed by atoms with E-state index in [4.69, 9.17) is 0 Å². The molecule has 4 aromatic rings. The number of hydrogen-bond acceptors (Lipinski definition) is 9. The monoisotopic (exact) mass is 556 g/mol. The van der Waals surface area contributed by atoms with Gasteiger partial charge >= 0.3 is 0 Å². The fraction of sp³-hybridized carbons (Fsp3) is 0.320. The zero-order valence-electron chi connectivity index (χ0n) is 20.8. The second-order valence-corrected chi connectivity index (χ2v) is 11.3. The SMILES string of the molecule is O=C(NCCCN1CCS(=O)(=O)CC1)c1cnccc1Nc1nc(-c2cccc(C(F)F)n2)nn2cccc12. The normalized spacial score (nSPS) is 15.5. The molecular weight excluding hydrogens is 530 g/mol. The highest BCUT2D eigenvalue weighted by atomic mass is 32.2. The largest absolute Gasteiger partial charge is 0.352 e. The minimum Gasteiger partial charge on any atom is -0.352 e. The predicted octanol–water partition coefficient (Wildman–Crippen LogP) is 2.72. The Bertz CT molecular complexity index is 1580. The topological polar surface area (TPSA) is 134 Å². The standard InChI is InChI=1S/C25H26F2N8O3S/c26-22(27)19-4-1-5-20(30-19)23-32-24(21-6-2-11-35(21)33-23)31-18-7-9-28-16-17(18)25(36)29-8-3-10-34-12-14-39(37,38)15-13-34/h1-2,4-7,9,11,16,22H,3,8,10,12-15H2,(H,29,36)(H,28,31,32,33). The Hall–Kier alpha value is -4.04. The Balaban J connectivity index is 1.30. The number of nitrogens with one attached hydrogen (secondary N) is 2. The highest BCUT2D eigenvalue weighted by Gasteiger charge is 2.21. The predicted molar refractivity (Wildman–Crippen MR) is 141 cm³/mol. The molecule has 1 aliphatic rings. The van der Waals surface area contributed by atoms with Gasteiger partial charge in [-0.05, 0) is 43.3 Å². The van der Waals surface area contributed by atoms with Crippen molar-refractivity contribution in [3.05, 3.63) is 66.2 Å². The maximum absolute atomic E-state index is 13.2. The average molecular weight is 557 g/mol. The quantitative estimate of drug-likeness (QED) is 0.299. The van der Waals surface area contributed by atoms with Gasteiger partial charge in [-0.2, -0.15) is 0 Å². The Morgan fingerprint density at radius 3 is 2.69 bits per heavy atom. The van der Waals surface area contributed by atoms with Crippen LogP contribution < -0.4 is 10.6 Å². The molecular formula is C25H26F2N8O3S. The summed E-state index contributed by atoms with van der Waals surface area (Å²) < 4.78 is 51.1. The van der Waals surface area contributed by atoms with Crippen molar-refractivity contribution in [3.63, 3.8) is 0 Å². The van der Waals surface area contributed by atoms with Gasteiger partial charge in [-0.25, -0.2) is 31.7 Å². The molecule has 14 heteroatoms. The summed E-state index contributed by atoms with van der Waals surface area (Å²) in [6, 6.07) is 9.44. The first-order valence-electron chi connectivity index (χ1n) is 12.3. The van der Waals surface area contributed by atoms with Gasteiger partial charge in [0.15, 0.2) is 15.7 Å². The summed E-state index contributed by atoms with van der Waals surface area (Å²) >= 11 is 0. The number of carbonyl (C=O) groups excluding carboxylic acids is 1. The molecule has 1 amide bonds. The molecule has 0 aliphatic carbocycles. The van der Waals surface area contributed by atoms with Gasteiger partial charge in [0.05, 0.1) is 22.8 Å². The Morgan fingerprint density at radius 1 is 1.08 bits per heavy atom. The van der Waals surface area contributed by atoms with Crippen LogP contribution in [0.4, 0.5) is 20.3 Å². The van der Waals surface area contributed by atoms with E-state index in [0.29, 0.717) is 55.2 Å². The van der Waals surface area contributed by atoms with Crippen LogP contribution in [-0.2, 0) is 9.84 Å². The molecule has 0 radical (unpaired) electrons. The van der Waals surface area contributed by atoms with E-state index in [2.05, 4.69) is 35.6 Å². The van der Waals surface area contributed by atoms with Crippen molar-refractivity contribution >= 4 is 32.8 Å². The van der Waals surface area contributed by atoms with Crippen LogP contribution in [-0.4, -0.2) is 81.5 Å². The van der Waals surface area contributed by atoms with Gasteiger partial charge in [0.2, 0.25) is 5.82 Å². The van der Waals surface area contributed by atoms with E-state index >= 15 is 0 Å². The third-order valence-electron chi connectivity index (χ3n) is 6.31. The maximum Gasteiger partial charge on any atom is 0.280 e. The number of amides is 1. The van der Waals surface area contributed by atoms with Crippen LogP contribution in [0.5, 0.6) is 0 Å². The number of carbonyl (C=O) groups is 1. The Morgan fingerprint density at radius 2 is 1.90 bits per heavy atom. The van der Waals surface area contributed by atoms with Gasteiger partial charge in [-0.15, -0.1) is 5.10 Å². The number of aromatic nitrogens is 5. The minimum absolute atomic E-state index is 0.134. The van der Waals surface area contributed by atoms with Crippen molar-refractivity contribution in [1.29, 1.82) is 0 Å². The lowest BCUT2D eigenvalue weighted by Crippen LogP contribution is -2.41. The lowest BCUT2D eigenvalue weighted by molar-refractivity contribution is 0.0952. The van der Waals surface area contributed by atoms with Crippen LogP contribution in [0.25, 0.3) is 17.0 Å². The van der Waals surface area contributed by atoms with Gasteiger partial charge in [-0.1, -0.05) is 6.07 Å². The van der Waals surface area contributed by atoms with E-state index in [1.54, 1.807) is 35.0 Å². The number of alkyl halides is 2. The summed E-state index contributed by atoms with van der Waals surface area (Å²) in [5.74, 6) is 0.484. The lowest BCUT2D eigenvalue weighted by Gasteiger charge is -2.26. The number of pyridine rings is 2. The first kappa shape index (κ1) is 26.6. The van der Waals surface area contributed by atoms with Gasteiger partial charge in [-0.3, -0.25) is 9.78 Å². The first-order valence-corrected chi connectivity index (χ1v) is 14.1. The first-order chi connectivity index (χ1) is 18.8. The van der Waals surface area contributed by atoms with Gasteiger partial charge < -0.3 is 15.5 Å². The van der Waals surface area contributed by atoms with Crippen molar-refractivity contribution in [2.45, 2.75) is 12.8 Å². The number of rotatable bonds is 9. The second-order valence-electron chi connectivity index (χ2n) is 9.02. The van der Waals surface area contributed by atoms with Crippen molar-refractivity contribution in [2.24, 2.45) is 0 Å². The van der Waals surface area contributed by atoms with E-state index in [0.717, 1.165) is 0 Å². The van der Waals surface area contributed by atoms with Crippen molar-refractivity contribution in [3.8, 4) is 11.5 Å². The molecule has 1 aliphatic heterocycles. The van der Waals surface area contributed by atoms with Crippen LogP contribution in [0.15, 0.2) is 55.0 Å². The van der Waals surface area contributed by atoms with Gasteiger partial charge in [0.25, 0.3) is 12.3 Å². The molecule has 0 bridgehead atoms. The van der Waals surface area contributed by atoms with Crippen molar-refractivity contribution in [2.75, 3.05) is 43.0 Å². The molecule has 0 aromatic carbocycles.